The van der Waals surface area contributed by atoms with E-state index in [0.717, 1.165) is 18.9 Å². The van der Waals surface area contributed by atoms with E-state index in [-0.39, 0.29) is 11.4 Å². The van der Waals surface area contributed by atoms with Crippen molar-refractivity contribution in [2.45, 2.75) is 32.9 Å². The third-order valence-electron chi connectivity index (χ3n) is 2.95. The predicted octanol–water partition coefficient (Wildman–Crippen LogP) is 4.56. The molecule has 1 rings (SSSR count). The van der Waals surface area contributed by atoms with Crippen LogP contribution in [0.1, 0.15) is 32.3 Å². The fraction of sp³-hybridized carbons (Fsp3) is 0.571. The van der Waals surface area contributed by atoms with Gasteiger partial charge in [0.05, 0.1) is 12.7 Å². The normalized spacial score (nSPS) is 13.2. The third-order valence-corrected chi connectivity index (χ3v) is 2.95. The Kier molecular flexibility index (Phi) is 5.51. The molecule has 1 N–H and O–H groups in total. The molecule has 1 atom stereocenters. The molecule has 1 aromatic rings. The number of benzene rings is 1. The van der Waals surface area contributed by atoms with Crippen LogP contribution < -0.4 is 10.1 Å². The minimum absolute atomic E-state index is 0.108. The molecule has 1 unspecified atom stereocenters. The monoisotopic (exact) mass is 275 g/mol. The van der Waals surface area contributed by atoms with Crippen LogP contribution in [0.3, 0.4) is 0 Å². The van der Waals surface area contributed by atoms with E-state index < -0.39 is 11.7 Å². The SMILES string of the molecule is CCCC(C)CNc1ccc(OC)cc1C(F)(F)F. The van der Waals surface area contributed by atoms with E-state index in [2.05, 4.69) is 12.2 Å². The highest BCUT2D eigenvalue weighted by Gasteiger charge is 2.34. The van der Waals surface area contributed by atoms with Gasteiger partial charge in [-0.05, 0) is 30.5 Å². The van der Waals surface area contributed by atoms with E-state index >= 15 is 0 Å². The predicted molar refractivity (Wildman–Crippen MR) is 70.6 cm³/mol. The number of anilines is 1. The Bertz CT molecular complexity index is 404. The van der Waals surface area contributed by atoms with Crippen LogP contribution in [0.2, 0.25) is 0 Å². The summed E-state index contributed by atoms with van der Waals surface area (Å²) in [4.78, 5) is 0. The average Bonchev–Trinajstić information content (AvgIpc) is 2.35. The molecular weight excluding hydrogens is 255 g/mol. The van der Waals surface area contributed by atoms with Gasteiger partial charge in [-0.25, -0.2) is 0 Å². The van der Waals surface area contributed by atoms with E-state index in [1.807, 2.05) is 6.92 Å². The molecule has 19 heavy (non-hydrogen) atoms. The van der Waals surface area contributed by atoms with Crippen LogP contribution in [-0.4, -0.2) is 13.7 Å². The molecule has 0 aliphatic heterocycles. The quantitative estimate of drug-likeness (QED) is 0.821. The first-order chi connectivity index (χ1) is 8.88. The Hall–Kier alpha value is -1.39. The summed E-state index contributed by atoms with van der Waals surface area (Å²) in [7, 11) is 1.35. The lowest BCUT2D eigenvalue weighted by molar-refractivity contribution is -0.137. The van der Waals surface area contributed by atoms with Crippen molar-refractivity contribution in [1.29, 1.82) is 0 Å². The zero-order valence-electron chi connectivity index (χ0n) is 11.5. The van der Waals surface area contributed by atoms with Crippen LogP contribution in [0.4, 0.5) is 18.9 Å². The number of nitrogens with one attached hydrogen (secondary N) is 1. The van der Waals surface area contributed by atoms with Crippen LogP contribution in [0, 0.1) is 5.92 Å². The molecule has 108 valence electrons. The lowest BCUT2D eigenvalue weighted by Crippen LogP contribution is -2.15. The van der Waals surface area contributed by atoms with E-state index in [1.54, 1.807) is 0 Å². The van der Waals surface area contributed by atoms with Crippen LogP contribution >= 0.6 is 0 Å². The lowest BCUT2D eigenvalue weighted by atomic mass is 10.1. The molecule has 5 heteroatoms. The van der Waals surface area contributed by atoms with Gasteiger partial charge in [-0.15, -0.1) is 0 Å². The first kappa shape index (κ1) is 15.7. The Morgan fingerprint density at radius 3 is 2.53 bits per heavy atom. The molecule has 0 spiro atoms. The minimum Gasteiger partial charge on any atom is -0.497 e. The fourth-order valence-electron chi connectivity index (χ4n) is 1.92. The van der Waals surface area contributed by atoms with Crippen molar-refractivity contribution >= 4 is 5.69 Å². The van der Waals surface area contributed by atoms with Gasteiger partial charge in [-0.3, -0.25) is 0 Å². The van der Waals surface area contributed by atoms with Gasteiger partial charge in [0.15, 0.2) is 0 Å². The van der Waals surface area contributed by atoms with Crippen molar-refractivity contribution in [3.63, 3.8) is 0 Å². The van der Waals surface area contributed by atoms with Gasteiger partial charge >= 0.3 is 6.18 Å². The van der Waals surface area contributed by atoms with Gasteiger partial charge in [0.1, 0.15) is 5.75 Å². The van der Waals surface area contributed by atoms with E-state index in [0.29, 0.717) is 12.5 Å². The molecule has 0 radical (unpaired) electrons. The van der Waals surface area contributed by atoms with Gasteiger partial charge in [0.25, 0.3) is 0 Å². The van der Waals surface area contributed by atoms with Crippen molar-refractivity contribution in [2.75, 3.05) is 19.0 Å². The number of hydrogen-bond donors (Lipinski definition) is 1. The summed E-state index contributed by atoms with van der Waals surface area (Å²) in [6.07, 6.45) is -2.37. The molecule has 0 aliphatic rings. The van der Waals surface area contributed by atoms with Crippen LogP contribution in [-0.2, 0) is 6.18 Å². The zero-order chi connectivity index (χ0) is 14.5. The maximum absolute atomic E-state index is 12.9. The summed E-state index contributed by atoms with van der Waals surface area (Å²) in [6, 6.07) is 3.97. The van der Waals surface area contributed by atoms with Crippen LogP contribution in [0.15, 0.2) is 18.2 Å². The highest BCUT2D eigenvalue weighted by atomic mass is 19.4. The van der Waals surface area contributed by atoms with Crippen molar-refractivity contribution in [3.05, 3.63) is 23.8 Å². The topological polar surface area (TPSA) is 21.3 Å². The Labute approximate surface area is 112 Å². The zero-order valence-corrected chi connectivity index (χ0v) is 11.5. The van der Waals surface area contributed by atoms with Crippen LogP contribution in [0.5, 0.6) is 5.75 Å². The second kappa shape index (κ2) is 6.68. The highest BCUT2D eigenvalue weighted by Crippen LogP contribution is 2.37. The first-order valence-corrected chi connectivity index (χ1v) is 6.37. The third kappa shape index (κ3) is 4.65. The fourth-order valence-corrected chi connectivity index (χ4v) is 1.92. The van der Waals surface area contributed by atoms with Gasteiger partial charge in [-0.2, -0.15) is 13.2 Å². The number of rotatable bonds is 6. The second-order valence-electron chi connectivity index (χ2n) is 4.68. The first-order valence-electron chi connectivity index (χ1n) is 6.37. The van der Waals surface area contributed by atoms with E-state index in [4.69, 9.17) is 4.74 Å². The van der Waals surface area contributed by atoms with E-state index in [1.165, 1.54) is 19.2 Å². The van der Waals surface area contributed by atoms with E-state index in [9.17, 15) is 13.2 Å². The van der Waals surface area contributed by atoms with Gasteiger partial charge < -0.3 is 10.1 Å². The molecule has 2 nitrogen and oxygen atoms in total. The average molecular weight is 275 g/mol. The maximum atomic E-state index is 12.9. The highest BCUT2D eigenvalue weighted by molar-refractivity contribution is 5.55. The Balaban J connectivity index is 2.87. The Morgan fingerprint density at radius 1 is 1.32 bits per heavy atom. The van der Waals surface area contributed by atoms with Crippen LogP contribution in [0.25, 0.3) is 0 Å². The molecule has 0 saturated carbocycles. The number of halogens is 3. The number of methoxy groups -OCH3 is 1. The number of hydrogen-bond acceptors (Lipinski definition) is 2. The van der Waals surface area contributed by atoms with Gasteiger partial charge in [0.2, 0.25) is 0 Å². The summed E-state index contributed by atoms with van der Waals surface area (Å²) in [6.45, 7) is 4.61. The smallest absolute Gasteiger partial charge is 0.418 e. The molecule has 0 fully saturated rings. The molecule has 0 heterocycles. The van der Waals surface area contributed by atoms with Gasteiger partial charge in [0, 0.05) is 12.2 Å². The second-order valence-corrected chi connectivity index (χ2v) is 4.68. The minimum atomic E-state index is -4.38. The lowest BCUT2D eigenvalue weighted by Gasteiger charge is -2.18. The largest absolute Gasteiger partial charge is 0.497 e. The van der Waals surface area contributed by atoms with Crippen molar-refractivity contribution in [1.82, 2.24) is 0 Å². The Morgan fingerprint density at radius 2 is 2.00 bits per heavy atom. The summed E-state index contributed by atoms with van der Waals surface area (Å²) < 4.78 is 43.7. The number of alkyl halides is 3. The van der Waals surface area contributed by atoms with Crippen molar-refractivity contribution < 1.29 is 17.9 Å². The molecule has 0 aliphatic carbocycles. The van der Waals surface area contributed by atoms with Gasteiger partial charge in [-0.1, -0.05) is 20.3 Å². The summed E-state index contributed by atoms with van der Waals surface area (Å²) >= 11 is 0. The standard InChI is InChI=1S/C14H20F3NO/c1-4-5-10(2)9-18-13-7-6-11(19-3)8-12(13)14(15,16)17/h6-8,10,18H,4-5,9H2,1-3H3. The molecular formula is C14H20F3NO. The maximum Gasteiger partial charge on any atom is 0.418 e. The molecule has 1 aromatic carbocycles. The summed E-state index contributed by atoms with van der Waals surface area (Å²) in [5.74, 6) is 0.549. The summed E-state index contributed by atoms with van der Waals surface area (Å²) in [5.41, 5.74) is -0.577. The number of ether oxygens (including phenoxy) is 1. The molecule has 0 saturated heterocycles. The van der Waals surface area contributed by atoms with Crippen molar-refractivity contribution in [3.8, 4) is 5.75 Å². The molecule has 0 bridgehead atoms. The molecule has 0 aromatic heterocycles. The molecule has 0 amide bonds. The summed E-state index contributed by atoms with van der Waals surface area (Å²) in [5, 5.41) is 2.88. The van der Waals surface area contributed by atoms with Crippen molar-refractivity contribution in [2.24, 2.45) is 5.92 Å².